The largest absolute Gasteiger partial charge is 0.506 e. The summed E-state index contributed by atoms with van der Waals surface area (Å²) in [5, 5.41) is 14.8. The third-order valence-corrected chi connectivity index (χ3v) is 5.97. The fourth-order valence-electron chi connectivity index (χ4n) is 2.00. The third kappa shape index (κ3) is 4.98. The maximum Gasteiger partial charge on any atom is 0.234 e. The highest BCUT2D eigenvalue weighted by atomic mass is 79.9. The standard InChI is InChI=1S/C17H12BrClN2O2S2/c18-11-3-1-10(2-4-11)14-8-24-17(21-14)25-9-16(23)20-13-7-12(19)5-6-15(13)22/h1-8,22H,9H2,(H,20,23). The molecule has 2 aromatic carbocycles. The molecule has 8 heteroatoms. The van der Waals surface area contributed by atoms with E-state index in [1.165, 1.54) is 35.2 Å². The van der Waals surface area contributed by atoms with E-state index in [0.717, 1.165) is 20.1 Å². The van der Waals surface area contributed by atoms with Gasteiger partial charge in [0.25, 0.3) is 0 Å². The molecule has 0 fully saturated rings. The zero-order chi connectivity index (χ0) is 17.8. The minimum Gasteiger partial charge on any atom is -0.506 e. The number of phenols is 1. The number of anilines is 1. The van der Waals surface area contributed by atoms with E-state index in [0.29, 0.717) is 10.7 Å². The lowest BCUT2D eigenvalue weighted by atomic mass is 10.2. The number of nitrogens with zero attached hydrogens (tertiary/aromatic N) is 1. The van der Waals surface area contributed by atoms with Crippen molar-refractivity contribution < 1.29 is 9.90 Å². The van der Waals surface area contributed by atoms with E-state index in [9.17, 15) is 9.90 Å². The van der Waals surface area contributed by atoms with Crippen LogP contribution in [0.5, 0.6) is 5.75 Å². The van der Waals surface area contributed by atoms with Crippen molar-refractivity contribution in [1.29, 1.82) is 0 Å². The molecule has 128 valence electrons. The molecule has 0 saturated carbocycles. The number of benzene rings is 2. The lowest BCUT2D eigenvalue weighted by molar-refractivity contribution is -0.113. The highest BCUT2D eigenvalue weighted by Crippen LogP contribution is 2.30. The van der Waals surface area contributed by atoms with Gasteiger partial charge < -0.3 is 10.4 Å². The molecule has 0 atom stereocenters. The van der Waals surface area contributed by atoms with E-state index in [1.807, 2.05) is 29.6 Å². The van der Waals surface area contributed by atoms with Crippen LogP contribution in [0.25, 0.3) is 11.3 Å². The Morgan fingerprint density at radius 2 is 2.04 bits per heavy atom. The van der Waals surface area contributed by atoms with Gasteiger partial charge in [0, 0.05) is 20.4 Å². The molecule has 0 bridgehead atoms. The molecule has 0 aliphatic heterocycles. The van der Waals surface area contributed by atoms with Crippen molar-refractivity contribution >= 4 is 62.2 Å². The molecule has 3 rings (SSSR count). The zero-order valence-corrected chi connectivity index (χ0v) is 16.7. The molecular formula is C17H12BrClN2O2S2. The molecule has 0 aliphatic carbocycles. The number of carbonyl (C=O) groups excluding carboxylic acids is 1. The molecule has 4 nitrogen and oxygen atoms in total. The Labute approximate surface area is 166 Å². The van der Waals surface area contributed by atoms with Gasteiger partial charge in [0.15, 0.2) is 4.34 Å². The molecule has 0 saturated heterocycles. The van der Waals surface area contributed by atoms with E-state index in [-0.39, 0.29) is 17.4 Å². The molecule has 0 radical (unpaired) electrons. The Morgan fingerprint density at radius 1 is 1.28 bits per heavy atom. The predicted molar refractivity (Wildman–Crippen MR) is 108 cm³/mol. The molecule has 25 heavy (non-hydrogen) atoms. The molecule has 0 unspecified atom stereocenters. The second kappa shape index (κ2) is 8.23. The lowest BCUT2D eigenvalue weighted by Gasteiger charge is -2.06. The van der Waals surface area contributed by atoms with Gasteiger partial charge in [-0.05, 0) is 30.3 Å². The number of aromatic nitrogens is 1. The number of nitrogens with one attached hydrogen (secondary N) is 1. The van der Waals surface area contributed by atoms with Gasteiger partial charge in [-0.1, -0.05) is 51.4 Å². The second-order valence-electron chi connectivity index (χ2n) is 5.00. The first-order chi connectivity index (χ1) is 12.0. The number of thiazole rings is 1. The summed E-state index contributed by atoms with van der Waals surface area (Å²) in [6, 6.07) is 12.4. The van der Waals surface area contributed by atoms with Crippen molar-refractivity contribution in [3.63, 3.8) is 0 Å². The van der Waals surface area contributed by atoms with Crippen LogP contribution < -0.4 is 5.32 Å². The van der Waals surface area contributed by atoms with Crippen molar-refractivity contribution in [1.82, 2.24) is 4.98 Å². The normalized spacial score (nSPS) is 10.6. The molecule has 2 N–H and O–H groups in total. The van der Waals surface area contributed by atoms with Crippen LogP contribution in [-0.2, 0) is 4.79 Å². The molecule has 1 amide bonds. The number of amides is 1. The van der Waals surface area contributed by atoms with Crippen LogP contribution in [-0.4, -0.2) is 21.8 Å². The summed E-state index contributed by atoms with van der Waals surface area (Å²) in [6.45, 7) is 0. The molecular weight excluding hydrogens is 444 g/mol. The van der Waals surface area contributed by atoms with E-state index in [4.69, 9.17) is 11.6 Å². The Kier molecular flexibility index (Phi) is 6.01. The van der Waals surface area contributed by atoms with Crippen molar-refractivity contribution in [2.24, 2.45) is 0 Å². The molecule has 1 heterocycles. The second-order valence-corrected chi connectivity index (χ2v) is 8.44. The average molecular weight is 456 g/mol. The third-order valence-electron chi connectivity index (χ3n) is 3.18. The number of aromatic hydroxyl groups is 1. The number of halogens is 2. The minimum absolute atomic E-state index is 0.0190. The number of carbonyl (C=O) groups is 1. The SMILES string of the molecule is O=C(CSc1nc(-c2ccc(Br)cc2)cs1)Nc1cc(Cl)ccc1O. The highest BCUT2D eigenvalue weighted by Gasteiger charge is 2.10. The summed E-state index contributed by atoms with van der Waals surface area (Å²) < 4.78 is 1.82. The molecule has 0 aliphatic rings. The topological polar surface area (TPSA) is 62.2 Å². The average Bonchev–Trinajstić information content (AvgIpc) is 3.06. The van der Waals surface area contributed by atoms with Crippen LogP contribution in [0.1, 0.15) is 0 Å². The van der Waals surface area contributed by atoms with Gasteiger partial charge in [0.2, 0.25) is 5.91 Å². The van der Waals surface area contributed by atoms with Gasteiger partial charge in [-0.3, -0.25) is 4.79 Å². The van der Waals surface area contributed by atoms with Crippen molar-refractivity contribution in [2.75, 3.05) is 11.1 Å². The first-order valence-electron chi connectivity index (χ1n) is 7.14. The first-order valence-corrected chi connectivity index (χ1v) is 10.2. The molecule has 1 aromatic heterocycles. The Hall–Kier alpha value is -1.54. The van der Waals surface area contributed by atoms with Crippen LogP contribution in [0.15, 0.2) is 56.7 Å². The number of hydrogen-bond acceptors (Lipinski definition) is 5. The monoisotopic (exact) mass is 454 g/mol. The van der Waals surface area contributed by atoms with Gasteiger partial charge >= 0.3 is 0 Å². The number of rotatable bonds is 5. The maximum atomic E-state index is 12.0. The molecule has 3 aromatic rings. The lowest BCUT2D eigenvalue weighted by Crippen LogP contribution is -2.14. The Balaban J connectivity index is 1.59. The summed E-state index contributed by atoms with van der Waals surface area (Å²) >= 11 is 12.1. The summed E-state index contributed by atoms with van der Waals surface area (Å²) in [5.41, 5.74) is 2.21. The first kappa shape index (κ1) is 18.3. The van der Waals surface area contributed by atoms with Crippen LogP contribution in [0, 0.1) is 0 Å². The summed E-state index contributed by atoms with van der Waals surface area (Å²) in [7, 11) is 0. The quantitative estimate of drug-likeness (QED) is 0.385. The van der Waals surface area contributed by atoms with Gasteiger partial charge in [-0.2, -0.15) is 0 Å². The predicted octanol–water partition coefficient (Wildman–Crippen LogP) is 5.66. The Bertz CT molecular complexity index is 900. The Morgan fingerprint density at radius 3 is 2.80 bits per heavy atom. The summed E-state index contributed by atoms with van der Waals surface area (Å²) in [4.78, 5) is 16.6. The number of hydrogen-bond donors (Lipinski definition) is 2. The van der Waals surface area contributed by atoms with Crippen molar-refractivity contribution in [3.8, 4) is 17.0 Å². The van der Waals surface area contributed by atoms with E-state index >= 15 is 0 Å². The highest BCUT2D eigenvalue weighted by molar-refractivity contribution is 9.10. The van der Waals surface area contributed by atoms with Crippen molar-refractivity contribution in [2.45, 2.75) is 4.34 Å². The number of phenolic OH excluding ortho intramolecular Hbond substituents is 1. The number of thioether (sulfide) groups is 1. The van der Waals surface area contributed by atoms with E-state index in [2.05, 4.69) is 26.2 Å². The van der Waals surface area contributed by atoms with Gasteiger partial charge in [-0.15, -0.1) is 11.3 Å². The van der Waals surface area contributed by atoms with Crippen LogP contribution >= 0.6 is 50.6 Å². The van der Waals surface area contributed by atoms with Gasteiger partial charge in [0.1, 0.15) is 5.75 Å². The maximum absolute atomic E-state index is 12.0. The summed E-state index contributed by atoms with van der Waals surface area (Å²) in [5.74, 6) is -0.0586. The van der Waals surface area contributed by atoms with Gasteiger partial charge in [0.05, 0.1) is 17.1 Å². The van der Waals surface area contributed by atoms with Crippen LogP contribution in [0.4, 0.5) is 5.69 Å². The fraction of sp³-hybridized carbons (Fsp3) is 0.0588. The minimum atomic E-state index is -0.233. The van der Waals surface area contributed by atoms with Crippen LogP contribution in [0.3, 0.4) is 0 Å². The molecule has 0 spiro atoms. The zero-order valence-electron chi connectivity index (χ0n) is 12.7. The smallest absolute Gasteiger partial charge is 0.234 e. The van der Waals surface area contributed by atoms with E-state index < -0.39 is 0 Å². The van der Waals surface area contributed by atoms with Crippen LogP contribution in [0.2, 0.25) is 5.02 Å². The van der Waals surface area contributed by atoms with E-state index in [1.54, 1.807) is 6.07 Å². The fourth-order valence-corrected chi connectivity index (χ4v) is 4.07. The van der Waals surface area contributed by atoms with Crippen molar-refractivity contribution in [3.05, 3.63) is 57.3 Å². The van der Waals surface area contributed by atoms with Gasteiger partial charge in [-0.25, -0.2) is 4.98 Å². The summed E-state index contributed by atoms with van der Waals surface area (Å²) in [6.07, 6.45) is 0.